The Morgan fingerprint density at radius 1 is 0.926 bits per heavy atom. The van der Waals surface area contributed by atoms with Crippen molar-refractivity contribution in [3.63, 3.8) is 0 Å². The minimum absolute atomic E-state index is 0.260. The smallest absolute Gasteiger partial charge is 0.126 e. The Kier molecular flexibility index (Phi) is 4.92. The van der Waals surface area contributed by atoms with Crippen molar-refractivity contribution in [3.8, 4) is 22.4 Å². The Morgan fingerprint density at radius 3 is 2.56 bits per heavy atom. The number of H-pyrrole nitrogens is 1. The molecule has 2 heterocycles. The summed E-state index contributed by atoms with van der Waals surface area (Å²) in [5, 5.41) is 10.6. The molecular weight excluding hydrogens is 339 g/mol. The van der Waals surface area contributed by atoms with Crippen LogP contribution < -0.4 is 5.32 Å². The van der Waals surface area contributed by atoms with Crippen LogP contribution in [0.15, 0.2) is 79.1 Å². The van der Waals surface area contributed by atoms with Crippen molar-refractivity contribution >= 4 is 5.82 Å². The zero-order valence-electron chi connectivity index (χ0n) is 14.7. The highest BCUT2D eigenvalue weighted by atomic mass is 19.1. The number of anilines is 1. The minimum Gasteiger partial charge on any atom is -0.370 e. The number of aromatic nitrogens is 3. The predicted octanol–water partition coefficient (Wildman–Crippen LogP) is 4.93. The van der Waals surface area contributed by atoms with E-state index in [2.05, 4.69) is 32.6 Å². The van der Waals surface area contributed by atoms with Gasteiger partial charge in [0.15, 0.2) is 0 Å². The molecule has 0 saturated carbocycles. The van der Waals surface area contributed by atoms with Gasteiger partial charge >= 0.3 is 0 Å². The van der Waals surface area contributed by atoms with Crippen LogP contribution >= 0.6 is 0 Å². The third-order valence-corrected chi connectivity index (χ3v) is 4.39. The van der Waals surface area contributed by atoms with Crippen LogP contribution in [0.1, 0.15) is 5.56 Å². The largest absolute Gasteiger partial charge is 0.370 e. The quantitative estimate of drug-likeness (QED) is 0.514. The SMILES string of the molecule is Fc1ccc(-c2n[nH]cc2-c2ccnc(NCCc3ccccc3)c2)cc1. The standard InChI is InChI=1S/C22H19FN4/c23-19-8-6-17(7-9-19)22-20(15-26-27-22)18-11-13-25-21(14-18)24-12-10-16-4-2-1-3-5-16/h1-9,11,13-15H,10,12H2,(H,24,25)(H,26,27). The van der Waals surface area contributed by atoms with Crippen molar-refractivity contribution in [2.24, 2.45) is 0 Å². The van der Waals surface area contributed by atoms with Gasteiger partial charge < -0.3 is 5.32 Å². The molecule has 27 heavy (non-hydrogen) atoms. The topological polar surface area (TPSA) is 53.6 Å². The average molecular weight is 358 g/mol. The van der Waals surface area contributed by atoms with Gasteiger partial charge in [0, 0.05) is 30.1 Å². The number of nitrogens with one attached hydrogen (secondary N) is 2. The second kappa shape index (κ2) is 7.83. The Bertz CT molecular complexity index is 1010. The van der Waals surface area contributed by atoms with Crippen molar-refractivity contribution in [1.29, 1.82) is 0 Å². The summed E-state index contributed by atoms with van der Waals surface area (Å²) in [7, 11) is 0. The summed E-state index contributed by atoms with van der Waals surface area (Å²) in [6.45, 7) is 0.802. The normalized spacial score (nSPS) is 10.7. The molecule has 0 aliphatic carbocycles. The van der Waals surface area contributed by atoms with Gasteiger partial charge in [-0.05, 0) is 53.9 Å². The molecule has 0 atom stereocenters. The lowest BCUT2D eigenvalue weighted by atomic mass is 10.0. The maximum atomic E-state index is 13.2. The molecule has 4 nitrogen and oxygen atoms in total. The maximum Gasteiger partial charge on any atom is 0.126 e. The summed E-state index contributed by atoms with van der Waals surface area (Å²) < 4.78 is 13.2. The van der Waals surface area contributed by atoms with Crippen molar-refractivity contribution < 1.29 is 4.39 Å². The van der Waals surface area contributed by atoms with Gasteiger partial charge in [-0.2, -0.15) is 5.10 Å². The van der Waals surface area contributed by atoms with E-state index in [0.717, 1.165) is 41.2 Å². The molecule has 0 radical (unpaired) electrons. The highest BCUT2D eigenvalue weighted by molar-refractivity contribution is 5.81. The highest BCUT2D eigenvalue weighted by Gasteiger charge is 2.11. The summed E-state index contributed by atoms with van der Waals surface area (Å²) in [6.07, 6.45) is 4.56. The lowest BCUT2D eigenvalue weighted by Gasteiger charge is -2.08. The van der Waals surface area contributed by atoms with E-state index in [-0.39, 0.29) is 5.82 Å². The monoisotopic (exact) mass is 358 g/mol. The molecule has 4 aromatic rings. The lowest BCUT2D eigenvalue weighted by Crippen LogP contribution is -2.06. The van der Waals surface area contributed by atoms with Crippen LogP contribution in [0, 0.1) is 5.82 Å². The molecule has 0 aliphatic rings. The third-order valence-electron chi connectivity index (χ3n) is 4.39. The predicted molar refractivity (Wildman–Crippen MR) is 106 cm³/mol. The first-order valence-electron chi connectivity index (χ1n) is 8.83. The Labute approximate surface area is 157 Å². The summed E-state index contributed by atoms with van der Waals surface area (Å²) >= 11 is 0. The number of hydrogen-bond acceptors (Lipinski definition) is 3. The first-order chi connectivity index (χ1) is 13.3. The van der Waals surface area contributed by atoms with Gasteiger partial charge in [0.05, 0.1) is 5.69 Å². The summed E-state index contributed by atoms with van der Waals surface area (Å²) in [5.41, 5.74) is 4.89. The molecule has 0 fully saturated rings. The maximum absolute atomic E-state index is 13.2. The first-order valence-corrected chi connectivity index (χ1v) is 8.83. The lowest BCUT2D eigenvalue weighted by molar-refractivity contribution is 0.628. The minimum atomic E-state index is -0.260. The fourth-order valence-electron chi connectivity index (χ4n) is 3.01. The molecule has 0 saturated heterocycles. The summed E-state index contributed by atoms with van der Waals surface area (Å²) in [5.74, 6) is 0.555. The van der Waals surface area contributed by atoms with E-state index in [4.69, 9.17) is 0 Å². The van der Waals surface area contributed by atoms with Gasteiger partial charge in [-0.25, -0.2) is 9.37 Å². The molecule has 0 spiro atoms. The van der Waals surface area contributed by atoms with Gasteiger partial charge in [0.1, 0.15) is 11.6 Å². The molecule has 5 heteroatoms. The highest BCUT2D eigenvalue weighted by Crippen LogP contribution is 2.30. The van der Waals surface area contributed by atoms with Crippen LogP contribution in [-0.4, -0.2) is 21.7 Å². The Balaban J connectivity index is 1.51. The fourth-order valence-corrected chi connectivity index (χ4v) is 3.01. The zero-order valence-corrected chi connectivity index (χ0v) is 14.7. The van der Waals surface area contributed by atoms with Gasteiger partial charge in [-0.15, -0.1) is 0 Å². The van der Waals surface area contributed by atoms with Crippen molar-refractivity contribution in [1.82, 2.24) is 15.2 Å². The number of rotatable bonds is 6. The van der Waals surface area contributed by atoms with Gasteiger partial charge in [-0.1, -0.05) is 30.3 Å². The van der Waals surface area contributed by atoms with E-state index in [1.807, 2.05) is 36.5 Å². The number of halogens is 1. The fraction of sp³-hybridized carbons (Fsp3) is 0.0909. The van der Waals surface area contributed by atoms with E-state index >= 15 is 0 Å². The van der Waals surface area contributed by atoms with Crippen LogP contribution in [0.2, 0.25) is 0 Å². The molecule has 4 rings (SSSR count). The molecule has 2 N–H and O–H groups in total. The molecule has 134 valence electrons. The van der Waals surface area contributed by atoms with Crippen molar-refractivity contribution in [2.45, 2.75) is 6.42 Å². The number of pyridine rings is 1. The van der Waals surface area contributed by atoms with Crippen molar-refractivity contribution in [2.75, 3.05) is 11.9 Å². The number of nitrogens with zero attached hydrogens (tertiary/aromatic N) is 2. The van der Waals surface area contributed by atoms with E-state index in [9.17, 15) is 4.39 Å². The van der Waals surface area contributed by atoms with E-state index in [1.165, 1.54) is 17.7 Å². The average Bonchev–Trinajstić information content (AvgIpc) is 3.20. The van der Waals surface area contributed by atoms with Crippen LogP contribution in [0.4, 0.5) is 10.2 Å². The molecule has 2 aromatic carbocycles. The Hall–Kier alpha value is -3.47. The van der Waals surface area contributed by atoms with Crippen LogP contribution in [0.5, 0.6) is 0 Å². The Morgan fingerprint density at radius 2 is 1.74 bits per heavy atom. The van der Waals surface area contributed by atoms with Crippen molar-refractivity contribution in [3.05, 3.63) is 90.5 Å². The van der Waals surface area contributed by atoms with Gasteiger partial charge in [0.25, 0.3) is 0 Å². The molecule has 2 aromatic heterocycles. The molecule has 0 bridgehead atoms. The van der Waals surface area contributed by atoms with Gasteiger partial charge in [0.2, 0.25) is 0 Å². The third kappa shape index (κ3) is 4.03. The van der Waals surface area contributed by atoms with Crippen LogP contribution in [0.3, 0.4) is 0 Å². The second-order valence-electron chi connectivity index (χ2n) is 6.25. The second-order valence-corrected chi connectivity index (χ2v) is 6.25. The van der Waals surface area contributed by atoms with Crippen LogP contribution in [0.25, 0.3) is 22.4 Å². The van der Waals surface area contributed by atoms with E-state index < -0.39 is 0 Å². The van der Waals surface area contributed by atoms with E-state index in [1.54, 1.807) is 18.3 Å². The molecule has 0 aliphatic heterocycles. The molecule has 0 amide bonds. The van der Waals surface area contributed by atoms with Gasteiger partial charge in [-0.3, -0.25) is 5.10 Å². The number of aromatic amines is 1. The first kappa shape index (κ1) is 17.0. The zero-order chi connectivity index (χ0) is 18.5. The molecular formula is C22H19FN4. The number of benzene rings is 2. The van der Waals surface area contributed by atoms with E-state index in [0.29, 0.717) is 0 Å². The number of hydrogen-bond donors (Lipinski definition) is 2. The van der Waals surface area contributed by atoms with Crippen LogP contribution in [-0.2, 0) is 6.42 Å². The summed E-state index contributed by atoms with van der Waals surface area (Å²) in [4.78, 5) is 4.40. The summed E-state index contributed by atoms with van der Waals surface area (Å²) in [6, 6.07) is 20.6. The molecule has 0 unspecified atom stereocenters.